The van der Waals surface area contributed by atoms with Gasteiger partial charge in [0, 0.05) is 70.9 Å². The number of allylic oxidation sites excluding steroid dienone is 3. The number of aliphatic hydroxyl groups is 2. The molecule has 4 aliphatic rings. The summed E-state index contributed by atoms with van der Waals surface area (Å²) in [7, 11) is 4.70. The van der Waals surface area contributed by atoms with Crippen molar-refractivity contribution in [3.8, 4) is 0 Å². The van der Waals surface area contributed by atoms with Crippen molar-refractivity contribution in [1.82, 2.24) is 14.9 Å². The number of aromatic nitrogens is 2. The summed E-state index contributed by atoms with van der Waals surface area (Å²) in [6, 6.07) is 5.24. The van der Waals surface area contributed by atoms with E-state index >= 15 is 0 Å². The fourth-order valence-corrected chi connectivity index (χ4v) is 11.3. The van der Waals surface area contributed by atoms with Gasteiger partial charge in [0.1, 0.15) is 41.8 Å². The van der Waals surface area contributed by atoms with Crippen LogP contribution in [0.25, 0.3) is 0 Å². The number of piperidine rings is 1. The van der Waals surface area contributed by atoms with Crippen molar-refractivity contribution in [2.75, 3.05) is 27.9 Å². The number of esters is 1. The van der Waals surface area contributed by atoms with E-state index in [1.54, 1.807) is 39.4 Å². The number of hydrogen-bond donors (Lipinski definition) is 3. The monoisotopic (exact) mass is 980 g/mol. The molecule has 4 heterocycles. The molecule has 2 saturated heterocycles. The first-order chi connectivity index (χ1) is 33.4. The number of H-pyrrole nitrogens is 1. The highest BCUT2D eigenvalue weighted by molar-refractivity contribution is 6.39. The predicted octanol–water partition coefficient (Wildman–Crippen LogP) is 7.34. The van der Waals surface area contributed by atoms with E-state index < -0.39 is 83.9 Å². The summed E-state index contributed by atoms with van der Waals surface area (Å²) in [5, 5.41) is 24.1. The second-order valence-corrected chi connectivity index (χ2v) is 20.6. The number of nitrogens with one attached hydrogen (secondary N) is 1. The van der Waals surface area contributed by atoms with Crippen LogP contribution in [0.2, 0.25) is 0 Å². The number of aliphatic hydroxyl groups excluding tert-OH is 1. The maximum absolute atomic E-state index is 14.6. The Hall–Kier alpha value is -4.16. The first-order valence-electron chi connectivity index (χ1n) is 25.4. The number of imidazole rings is 1. The average Bonchev–Trinajstić information content (AvgIpc) is 3.89. The molecule has 15 nitrogen and oxygen atoms in total. The number of ether oxygens (including phenoxy) is 6. The van der Waals surface area contributed by atoms with Gasteiger partial charge in [-0.05, 0) is 113 Å². The van der Waals surface area contributed by atoms with Gasteiger partial charge in [0.25, 0.3) is 11.7 Å². The molecule has 1 aliphatic carbocycles. The van der Waals surface area contributed by atoms with Gasteiger partial charge >= 0.3 is 5.97 Å². The van der Waals surface area contributed by atoms with Crippen LogP contribution >= 0.6 is 0 Å². The van der Waals surface area contributed by atoms with Gasteiger partial charge in [0.2, 0.25) is 5.79 Å². The van der Waals surface area contributed by atoms with Crippen LogP contribution in [0.3, 0.4) is 0 Å². The molecule has 6 rings (SSSR count). The first kappa shape index (κ1) is 55.2. The Morgan fingerprint density at radius 1 is 0.986 bits per heavy atom. The zero-order valence-corrected chi connectivity index (χ0v) is 42.6. The number of amides is 1. The van der Waals surface area contributed by atoms with E-state index in [2.05, 4.69) is 16.9 Å². The van der Waals surface area contributed by atoms with Crippen LogP contribution in [-0.2, 0) is 54.0 Å². The second-order valence-electron chi connectivity index (χ2n) is 20.6. The number of hydrogen-bond acceptors (Lipinski definition) is 13. The van der Waals surface area contributed by atoms with E-state index in [4.69, 9.17) is 28.4 Å². The normalized spacial score (nSPS) is 36.1. The van der Waals surface area contributed by atoms with Gasteiger partial charge in [-0.25, -0.2) is 14.2 Å². The summed E-state index contributed by atoms with van der Waals surface area (Å²) in [6.07, 6.45) is 7.02. The molecule has 1 amide bonds. The number of methoxy groups -OCH3 is 3. The molecular weight excluding hydrogens is 902 g/mol. The maximum Gasteiger partial charge on any atom is 0.329 e. The van der Waals surface area contributed by atoms with Gasteiger partial charge in [-0.2, -0.15) is 0 Å². The molecule has 0 radical (unpaired) electrons. The zero-order valence-electron chi connectivity index (χ0n) is 42.6. The predicted molar refractivity (Wildman–Crippen MR) is 258 cm³/mol. The summed E-state index contributed by atoms with van der Waals surface area (Å²) in [5.41, 5.74) is 2.39. The Morgan fingerprint density at radius 3 is 2.39 bits per heavy atom. The van der Waals surface area contributed by atoms with E-state index in [1.165, 1.54) is 31.3 Å². The Kier molecular flexibility index (Phi) is 19.7. The van der Waals surface area contributed by atoms with E-state index in [0.717, 1.165) is 11.1 Å². The number of carbonyl (C=O) groups excluding carboxylic acids is 4. The Balaban J connectivity index is 1.29. The number of fused-ring (bicyclic) bond motifs is 3. The number of halogens is 1. The highest BCUT2D eigenvalue weighted by Crippen LogP contribution is 2.40. The number of Topliss-reactive ketones (excluding diaryl/α,β-unsaturated/α-hetero) is 2. The van der Waals surface area contributed by atoms with Crippen molar-refractivity contribution >= 4 is 23.4 Å². The van der Waals surface area contributed by atoms with Crippen LogP contribution < -0.4 is 0 Å². The maximum atomic E-state index is 14.6. The van der Waals surface area contributed by atoms with Crippen molar-refractivity contribution in [2.45, 2.75) is 179 Å². The lowest BCUT2D eigenvalue weighted by molar-refractivity contribution is -0.302. The van der Waals surface area contributed by atoms with Crippen LogP contribution in [0.5, 0.6) is 0 Å². The fourth-order valence-electron chi connectivity index (χ4n) is 11.3. The highest BCUT2D eigenvalue weighted by Gasteiger charge is 2.56. The van der Waals surface area contributed by atoms with Gasteiger partial charge in [0.05, 0.1) is 30.5 Å². The van der Waals surface area contributed by atoms with Crippen LogP contribution in [0.4, 0.5) is 4.39 Å². The lowest BCUT2D eigenvalue weighted by Gasteiger charge is -2.47. The third-order valence-corrected chi connectivity index (χ3v) is 15.3. The Morgan fingerprint density at radius 2 is 1.71 bits per heavy atom. The topological polar surface area (TPSA) is 196 Å². The number of aromatic amines is 1. The second kappa shape index (κ2) is 25.0. The molecule has 1 aromatic carbocycles. The first-order valence-corrected chi connectivity index (χ1v) is 25.4. The lowest BCUT2D eigenvalue weighted by Crippen LogP contribution is -2.64. The SMILES string of the molecule is CCC1/C=C(\C)CC(C)CC(OC)C2OC(O)(C(=O)C(=O)N3CCCCC3C(=O)OC(C(C)=CC3CCC(OC(Cc4cccc(F)c4)c4ncc[nH]4)C(OC)C3)C(C)C(O)CC1=O)C(C)CC2OC. The number of rotatable bonds is 11. The van der Waals surface area contributed by atoms with E-state index in [1.807, 2.05) is 39.0 Å². The molecule has 3 aliphatic heterocycles. The van der Waals surface area contributed by atoms with Crippen molar-refractivity contribution < 1.29 is 62.2 Å². The molecule has 15 atom stereocenters. The molecule has 16 heteroatoms. The van der Waals surface area contributed by atoms with Crippen molar-refractivity contribution in [3.63, 3.8) is 0 Å². The van der Waals surface area contributed by atoms with Crippen molar-refractivity contribution in [3.05, 3.63) is 77.2 Å². The minimum absolute atomic E-state index is 0.0133. The van der Waals surface area contributed by atoms with E-state index in [0.29, 0.717) is 69.2 Å². The molecular formula is C54H78FN3O12. The molecule has 2 bridgehead atoms. The Bertz CT molecular complexity index is 2130. The third-order valence-electron chi connectivity index (χ3n) is 15.3. The molecule has 388 valence electrons. The van der Waals surface area contributed by atoms with E-state index in [9.17, 15) is 33.8 Å². The fraction of sp³-hybridized carbons (Fsp3) is 0.685. The van der Waals surface area contributed by atoms with Gasteiger partial charge in [-0.3, -0.25) is 14.4 Å². The smallest absolute Gasteiger partial charge is 0.329 e. The summed E-state index contributed by atoms with van der Waals surface area (Å²) in [6.45, 7) is 11.3. The molecule has 1 aromatic heterocycles. The van der Waals surface area contributed by atoms with Gasteiger partial charge in [-0.15, -0.1) is 0 Å². The van der Waals surface area contributed by atoms with Gasteiger partial charge in [0.15, 0.2) is 0 Å². The third kappa shape index (κ3) is 13.3. The van der Waals surface area contributed by atoms with Crippen LogP contribution in [0.15, 0.2) is 60.0 Å². The molecule has 2 aromatic rings. The molecule has 1 saturated carbocycles. The average molecular weight is 980 g/mol. The lowest BCUT2D eigenvalue weighted by atomic mass is 9.81. The molecule has 3 N–H and O–H groups in total. The number of cyclic esters (lactones) is 1. The number of nitrogens with zero attached hydrogens (tertiary/aromatic N) is 2. The number of benzene rings is 1. The minimum Gasteiger partial charge on any atom is -0.456 e. The van der Waals surface area contributed by atoms with Crippen LogP contribution in [-0.4, -0.2) is 131 Å². The van der Waals surface area contributed by atoms with Crippen molar-refractivity contribution in [2.24, 2.45) is 29.6 Å². The summed E-state index contributed by atoms with van der Waals surface area (Å²) >= 11 is 0. The van der Waals surface area contributed by atoms with Gasteiger partial charge < -0.3 is 48.5 Å². The number of carbonyl (C=O) groups is 4. The van der Waals surface area contributed by atoms with Crippen LogP contribution in [0.1, 0.15) is 130 Å². The van der Waals surface area contributed by atoms with Crippen LogP contribution in [0, 0.1) is 35.4 Å². The quantitative estimate of drug-likeness (QED) is 0.115. The highest BCUT2D eigenvalue weighted by atomic mass is 19.1. The Labute approximate surface area is 413 Å². The molecule has 0 spiro atoms. The van der Waals surface area contributed by atoms with E-state index in [-0.39, 0.29) is 61.5 Å². The van der Waals surface area contributed by atoms with Gasteiger partial charge in [-0.1, -0.05) is 57.6 Å². The summed E-state index contributed by atoms with van der Waals surface area (Å²) in [5.74, 6) is -7.50. The summed E-state index contributed by atoms with van der Waals surface area (Å²) in [4.78, 5) is 66.3. The zero-order chi connectivity index (χ0) is 50.9. The number of ketones is 2. The molecule has 70 heavy (non-hydrogen) atoms. The standard InChI is InChI=1S/C54H78FN3O12/c1-10-38-23-31(2)22-32(3)24-45(66-8)49-46(67-9)26-34(5)54(64,70-49)50(61)52(62)58-21-12-11-16-40(58)53(63)69-48(35(6)41(59)30-42(38)60)33(4)25-37-17-18-43(44(28-37)65-7)68-47(51-56-19-20-57-51)29-36-14-13-15-39(55)27-36/h13-15,19-20,23,25,27,32,34-35,37-38,40-41,43-49,59,64H,10-12,16-18,21-22,24,26,28-30H2,1-9H3,(H,56,57)/b31-23+,33-25?. The van der Waals surface area contributed by atoms with Crippen molar-refractivity contribution in [1.29, 1.82) is 0 Å². The largest absolute Gasteiger partial charge is 0.456 e. The molecule has 15 unspecified atom stereocenters. The molecule has 3 fully saturated rings. The summed E-state index contributed by atoms with van der Waals surface area (Å²) < 4.78 is 51.4. The minimum atomic E-state index is -2.53.